The maximum atomic E-state index is 12.5. The van der Waals surface area contributed by atoms with Crippen LogP contribution in [0.25, 0.3) is 0 Å². The summed E-state index contributed by atoms with van der Waals surface area (Å²) in [6.07, 6.45) is 4.14. The summed E-state index contributed by atoms with van der Waals surface area (Å²) in [4.78, 5) is 38.3. The van der Waals surface area contributed by atoms with Crippen molar-refractivity contribution >= 4 is 29.2 Å². The van der Waals surface area contributed by atoms with Crippen LogP contribution in [0.5, 0.6) is 0 Å². The van der Waals surface area contributed by atoms with E-state index in [-0.39, 0.29) is 29.8 Å². The third-order valence-corrected chi connectivity index (χ3v) is 4.75. The average Bonchev–Trinajstić information content (AvgIpc) is 3.23. The number of carbonyl (C=O) groups excluding carboxylic acids is 3. The van der Waals surface area contributed by atoms with Gasteiger partial charge in [0.05, 0.1) is 11.8 Å². The molecule has 1 aromatic heterocycles. The highest BCUT2D eigenvalue weighted by Crippen LogP contribution is 2.22. The molecule has 2 aromatic rings. The number of anilines is 2. The number of likely N-dealkylation sites (tertiary alicyclic amines) is 1. The minimum Gasteiger partial charge on any atom is -0.472 e. The fourth-order valence-electron chi connectivity index (χ4n) is 3.22. The first-order valence-electron chi connectivity index (χ1n) is 9.72. The first-order chi connectivity index (χ1) is 13.9. The fraction of sp³-hybridized carbons (Fsp3) is 0.381. The van der Waals surface area contributed by atoms with Gasteiger partial charge >= 0.3 is 6.03 Å². The van der Waals surface area contributed by atoms with Gasteiger partial charge in [0.25, 0.3) is 5.91 Å². The maximum Gasteiger partial charge on any atom is 0.319 e. The molecule has 4 amide bonds. The smallest absolute Gasteiger partial charge is 0.319 e. The van der Waals surface area contributed by atoms with Gasteiger partial charge in [0.1, 0.15) is 6.26 Å². The number of carbonyl (C=O) groups is 3. The molecule has 3 N–H and O–H groups in total. The van der Waals surface area contributed by atoms with Gasteiger partial charge < -0.3 is 25.3 Å². The lowest BCUT2D eigenvalue weighted by atomic mass is 9.95. The van der Waals surface area contributed by atoms with Crippen molar-refractivity contribution in [1.29, 1.82) is 0 Å². The van der Waals surface area contributed by atoms with Crippen LogP contribution in [-0.4, -0.2) is 41.9 Å². The predicted octanol–water partition coefficient (Wildman–Crippen LogP) is 3.30. The van der Waals surface area contributed by atoms with Crippen LogP contribution in [0.15, 0.2) is 47.3 Å². The van der Waals surface area contributed by atoms with Crippen LogP contribution in [0.4, 0.5) is 16.2 Å². The number of hydrogen-bond acceptors (Lipinski definition) is 4. The predicted molar refractivity (Wildman–Crippen MR) is 110 cm³/mol. The van der Waals surface area contributed by atoms with Crippen molar-refractivity contribution in [3.63, 3.8) is 0 Å². The number of amides is 4. The molecule has 1 aliphatic rings. The number of hydrogen-bond donors (Lipinski definition) is 3. The van der Waals surface area contributed by atoms with Gasteiger partial charge in [0, 0.05) is 36.4 Å². The molecule has 1 aromatic carbocycles. The summed E-state index contributed by atoms with van der Waals surface area (Å²) in [7, 11) is 0. The van der Waals surface area contributed by atoms with Crippen LogP contribution in [0.3, 0.4) is 0 Å². The molecule has 2 heterocycles. The van der Waals surface area contributed by atoms with Gasteiger partial charge in [0.2, 0.25) is 5.91 Å². The first-order valence-corrected chi connectivity index (χ1v) is 9.72. The summed E-state index contributed by atoms with van der Waals surface area (Å²) < 4.78 is 4.96. The standard InChI is InChI=1S/C21H26N4O4/c1-14(2)22-21(28)24-18-5-3-17(4-6-18)23-19(26)15-7-10-25(11-8-15)20(27)16-9-12-29-13-16/h3-6,9,12-15H,7-8,10-11H2,1-2H3,(H,23,26)(H2,22,24,28). The van der Waals surface area contributed by atoms with E-state index in [9.17, 15) is 14.4 Å². The third kappa shape index (κ3) is 5.60. The molecule has 29 heavy (non-hydrogen) atoms. The van der Waals surface area contributed by atoms with E-state index >= 15 is 0 Å². The van der Waals surface area contributed by atoms with E-state index in [1.165, 1.54) is 12.5 Å². The molecule has 8 heteroatoms. The zero-order chi connectivity index (χ0) is 20.8. The van der Waals surface area contributed by atoms with Crippen molar-refractivity contribution in [2.24, 2.45) is 5.92 Å². The molecule has 0 radical (unpaired) electrons. The maximum absolute atomic E-state index is 12.5. The first kappa shape index (κ1) is 20.4. The van der Waals surface area contributed by atoms with Crippen LogP contribution < -0.4 is 16.0 Å². The van der Waals surface area contributed by atoms with Gasteiger partial charge in [0.15, 0.2) is 0 Å². The Labute approximate surface area is 169 Å². The molecular weight excluding hydrogens is 372 g/mol. The van der Waals surface area contributed by atoms with Crippen LogP contribution >= 0.6 is 0 Å². The van der Waals surface area contributed by atoms with Gasteiger partial charge in [-0.15, -0.1) is 0 Å². The van der Waals surface area contributed by atoms with E-state index in [1.807, 2.05) is 13.8 Å². The summed E-state index contributed by atoms with van der Waals surface area (Å²) in [5.41, 5.74) is 1.85. The number of rotatable bonds is 5. The van der Waals surface area contributed by atoms with E-state index < -0.39 is 0 Å². The molecule has 1 aliphatic heterocycles. The van der Waals surface area contributed by atoms with E-state index in [2.05, 4.69) is 16.0 Å². The molecule has 0 bridgehead atoms. The fourth-order valence-corrected chi connectivity index (χ4v) is 3.22. The third-order valence-electron chi connectivity index (χ3n) is 4.75. The highest BCUT2D eigenvalue weighted by atomic mass is 16.3. The molecule has 1 saturated heterocycles. The summed E-state index contributed by atoms with van der Waals surface area (Å²) in [5, 5.41) is 8.40. The van der Waals surface area contributed by atoms with E-state index in [4.69, 9.17) is 4.42 Å². The number of benzene rings is 1. The molecule has 8 nitrogen and oxygen atoms in total. The summed E-state index contributed by atoms with van der Waals surface area (Å²) >= 11 is 0. The van der Waals surface area contributed by atoms with Crippen molar-refractivity contribution in [2.45, 2.75) is 32.7 Å². The van der Waals surface area contributed by atoms with Crippen molar-refractivity contribution in [2.75, 3.05) is 23.7 Å². The average molecular weight is 398 g/mol. The normalized spacial score (nSPS) is 14.5. The second-order valence-electron chi connectivity index (χ2n) is 7.40. The van der Waals surface area contributed by atoms with Gasteiger partial charge in [-0.2, -0.15) is 0 Å². The molecule has 3 rings (SSSR count). The summed E-state index contributed by atoms with van der Waals surface area (Å²) in [5.74, 6) is -0.265. The number of nitrogens with zero attached hydrogens (tertiary/aromatic N) is 1. The Balaban J connectivity index is 1.47. The van der Waals surface area contributed by atoms with Crippen molar-refractivity contribution in [3.05, 3.63) is 48.4 Å². The number of nitrogens with one attached hydrogen (secondary N) is 3. The Kier molecular flexibility index (Phi) is 6.54. The zero-order valence-electron chi connectivity index (χ0n) is 16.6. The Bertz CT molecular complexity index is 838. The largest absolute Gasteiger partial charge is 0.472 e. The Morgan fingerprint density at radius 1 is 1.00 bits per heavy atom. The van der Waals surface area contributed by atoms with Gasteiger partial charge in [-0.3, -0.25) is 9.59 Å². The molecule has 154 valence electrons. The quantitative estimate of drug-likeness (QED) is 0.719. The summed E-state index contributed by atoms with van der Waals surface area (Å²) in [6.45, 7) is 4.85. The lowest BCUT2D eigenvalue weighted by Crippen LogP contribution is -2.41. The Hall–Kier alpha value is -3.29. The van der Waals surface area contributed by atoms with Crippen molar-refractivity contribution in [3.8, 4) is 0 Å². The molecule has 0 atom stereocenters. The van der Waals surface area contributed by atoms with E-state index in [1.54, 1.807) is 35.2 Å². The minimum atomic E-state index is -0.270. The number of piperidine rings is 1. The second-order valence-corrected chi connectivity index (χ2v) is 7.40. The van der Waals surface area contributed by atoms with Gasteiger partial charge in [-0.1, -0.05) is 0 Å². The highest BCUT2D eigenvalue weighted by molar-refractivity contribution is 5.95. The lowest BCUT2D eigenvalue weighted by molar-refractivity contribution is -0.121. The molecular formula is C21H26N4O4. The molecule has 0 unspecified atom stereocenters. The molecule has 0 spiro atoms. The SMILES string of the molecule is CC(C)NC(=O)Nc1ccc(NC(=O)C2CCN(C(=O)c3ccoc3)CC2)cc1. The van der Waals surface area contributed by atoms with Gasteiger partial charge in [-0.25, -0.2) is 4.79 Å². The number of furan rings is 1. The van der Waals surface area contributed by atoms with Crippen LogP contribution in [-0.2, 0) is 4.79 Å². The molecule has 0 aliphatic carbocycles. The van der Waals surface area contributed by atoms with Crippen LogP contribution in [0.1, 0.15) is 37.0 Å². The summed E-state index contributed by atoms with van der Waals surface area (Å²) in [6, 6.07) is 8.40. The topological polar surface area (TPSA) is 104 Å². The van der Waals surface area contributed by atoms with Crippen LogP contribution in [0, 0.1) is 5.92 Å². The van der Waals surface area contributed by atoms with Crippen molar-refractivity contribution < 1.29 is 18.8 Å². The minimum absolute atomic E-state index is 0.0509. The number of urea groups is 1. The zero-order valence-corrected chi connectivity index (χ0v) is 16.6. The Morgan fingerprint density at radius 3 is 2.17 bits per heavy atom. The second kappa shape index (κ2) is 9.27. The lowest BCUT2D eigenvalue weighted by Gasteiger charge is -2.31. The van der Waals surface area contributed by atoms with Crippen LogP contribution in [0.2, 0.25) is 0 Å². The van der Waals surface area contributed by atoms with E-state index in [0.717, 1.165) is 0 Å². The highest BCUT2D eigenvalue weighted by Gasteiger charge is 2.28. The molecule has 1 fully saturated rings. The monoisotopic (exact) mass is 398 g/mol. The molecule has 0 saturated carbocycles. The van der Waals surface area contributed by atoms with Gasteiger partial charge in [-0.05, 0) is 57.0 Å². The van der Waals surface area contributed by atoms with E-state index in [0.29, 0.717) is 42.9 Å². The van der Waals surface area contributed by atoms with Crippen molar-refractivity contribution in [1.82, 2.24) is 10.2 Å². The Morgan fingerprint density at radius 2 is 1.62 bits per heavy atom.